The van der Waals surface area contributed by atoms with E-state index in [1.807, 2.05) is 30.3 Å². The number of aryl methyl sites for hydroxylation is 1. The van der Waals surface area contributed by atoms with Crippen molar-refractivity contribution in [3.8, 4) is 17.2 Å². The fourth-order valence-electron chi connectivity index (χ4n) is 2.83. The summed E-state index contributed by atoms with van der Waals surface area (Å²) >= 11 is 0. The number of aromatic nitrogens is 2. The van der Waals surface area contributed by atoms with Gasteiger partial charge in [0, 0.05) is 19.1 Å². The fourth-order valence-corrected chi connectivity index (χ4v) is 2.83. The van der Waals surface area contributed by atoms with Crippen molar-refractivity contribution in [3.63, 3.8) is 0 Å². The summed E-state index contributed by atoms with van der Waals surface area (Å²) in [6, 6.07) is 15.2. The molecule has 0 fully saturated rings. The highest BCUT2D eigenvalue weighted by atomic mass is 16.6. The molecule has 27 heavy (non-hydrogen) atoms. The first-order valence-electron chi connectivity index (χ1n) is 8.90. The topological polar surface area (TPSA) is 75.7 Å². The molecular formula is C20H20N2O5. The Bertz CT molecular complexity index is 949. The number of nitrogens with zero attached hydrogens (tertiary/aromatic N) is 2. The SMILES string of the molecule is O=c1oc(CCCOCc2ccccc2)nn1-c1ccc2c(c1)OCCO2. The minimum Gasteiger partial charge on any atom is -0.486 e. The summed E-state index contributed by atoms with van der Waals surface area (Å²) in [5, 5.41) is 4.27. The van der Waals surface area contributed by atoms with Gasteiger partial charge in [-0.25, -0.2) is 4.79 Å². The Morgan fingerprint density at radius 1 is 1.04 bits per heavy atom. The molecule has 0 aliphatic carbocycles. The van der Waals surface area contributed by atoms with Crippen molar-refractivity contribution in [1.29, 1.82) is 0 Å². The molecule has 1 aliphatic heterocycles. The van der Waals surface area contributed by atoms with Gasteiger partial charge in [0.15, 0.2) is 11.5 Å². The van der Waals surface area contributed by atoms with Crippen molar-refractivity contribution in [3.05, 3.63) is 70.5 Å². The fraction of sp³-hybridized carbons (Fsp3) is 0.300. The molecule has 1 aliphatic rings. The zero-order chi connectivity index (χ0) is 18.5. The van der Waals surface area contributed by atoms with Gasteiger partial charge in [-0.1, -0.05) is 30.3 Å². The Kier molecular flexibility index (Phi) is 5.20. The van der Waals surface area contributed by atoms with Gasteiger partial charge in [0.05, 0.1) is 12.3 Å². The maximum Gasteiger partial charge on any atom is 0.441 e. The summed E-state index contributed by atoms with van der Waals surface area (Å²) in [5.41, 5.74) is 1.71. The van der Waals surface area contributed by atoms with Crippen molar-refractivity contribution in [1.82, 2.24) is 9.78 Å². The molecule has 0 saturated heterocycles. The van der Waals surface area contributed by atoms with Crippen molar-refractivity contribution >= 4 is 0 Å². The first kappa shape index (κ1) is 17.4. The van der Waals surface area contributed by atoms with Crippen LogP contribution in [-0.2, 0) is 17.8 Å². The Morgan fingerprint density at radius 3 is 2.70 bits per heavy atom. The molecule has 1 aromatic heterocycles. The Labute approximate surface area is 156 Å². The minimum atomic E-state index is -0.521. The quantitative estimate of drug-likeness (QED) is 0.597. The van der Waals surface area contributed by atoms with Gasteiger partial charge in [-0.15, -0.1) is 5.10 Å². The second kappa shape index (κ2) is 8.09. The molecule has 4 rings (SSSR count). The van der Waals surface area contributed by atoms with E-state index in [0.29, 0.717) is 62.3 Å². The summed E-state index contributed by atoms with van der Waals surface area (Å²) in [4.78, 5) is 12.1. The van der Waals surface area contributed by atoms with Crippen LogP contribution in [0.1, 0.15) is 17.9 Å². The monoisotopic (exact) mass is 368 g/mol. The molecule has 7 heteroatoms. The molecule has 0 radical (unpaired) electrons. The van der Waals surface area contributed by atoms with Gasteiger partial charge in [-0.05, 0) is 24.1 Å². The van der Waals surface area contributed by atoms with E-state index in [4.69, 9.17) is 18.6 Å². The van der Waals surface area contributed by atoms with Crippen molar-refractivity contribution < 1.29 is 18.6 Å². The predicted octanol–water partition coefficient (Wildman–Crippen LogP) is 2.75. The Balaban J connectivity index is 1.34. The second-order valence-electron chi connectivity index (χ2n) is 6.14. The molecule has 0 atom stereocenters. The van der Waals surface area contributed by atoms with E-state index in [0.717, 1.165) is 5.56 Å². The van der Waals surface area contributed by atoms with E-state index in [2.05, 4.69) is 5.10 Å². The van der Waals surface area contributed by atoms with Crippen LogP contribution in [0.25, 0.3) is 5.69 Å². The summed E-state index contributed by atoms with van der Waals surface area (Å²) < 4.78 is 23.2. The van der Waals surface area contributed by atoms with E-state index in [1.54, 1.807) is 18.2 Å². The van der Waals surface area contributed by atoms with Gasteiger partial charge in [0.2, 0.25) is 5.89 Å². The van der Waals surface area contributed by atoms with Crippen LogP contribution >= 0.6 is 0 Å². The van der Waals surface area contributed by atoms with Crippen LogP contribution in [0.5, 0.6) is 11.5 Å². The highest BCUT2D eigenvalue weighted by Gasteiger charge is 2.15. The smallest absolute Gasteiger partial charge is 0.441 e. The number of fused-ring (bicyclic) bond motifs is 1. The van der Waals surface area contributed by atoms with Gasteiger partial charge < -0.3 is 18.6 Å². The van der Waals surface area contributed by atoms with Gasteiger partial charge in [-0.3, -0.25) is 0 Å². The summed E-state index contributed by atoms with van der Waals surface area (Å²) in [6.45, 7) is 2.14. The first-order valence-corrected chi connectivity index (χ1v) is 8.90. The Morgan fingerprint density at radius 2 is 1.85 bits per heavy atom. The average molecular weight is 368 g/mol. The number of rotatable bonds is 7. The third kappa shape index (κ3) is 4.20. The van der Waals surface area contributed by atoms with Crippen molar-refractivity contribution in [2.75, 3.05) is 19.8 Å². The minimum absolute atomic E-state index is 0.387. The summed E-state index contributed by atoms with van der Waals surface area (Å²) in [5.74, 6) is 1.13. The molecule has 2 heterocycles. The molecular weight excluding hydrogens is 348 g/mol. The lowest BCUT2D eigenvalue weighted by molar-refractivity contribution is 0.117. The lowest BCUT2D eigenvalue weighted by Gasteiger charge is -2.18. The van der Waals surface area contributed by atoms with Gasteiger partial charge in [0.1, 0.15) is 13.2 Å². The average Bonchev–Trinajstić information content (AvgIpc) is 3.08. The van der Waals surface area contributed by atoms with Crippen LogP contribution in [0.15, 0.2) is 57.7 Å². The molecule has 140 valence electrons. The van der Waals surface area contributed by atoms with Gasteiger partial charge in [0.25, 0.3) is 0 Å². The molecule has 3 aromatic rings. The zero-order valence-electron chi connectivity index (χ0n) is 14.8. The van der Waals surface area contributed by atoms with E-state index < -0.39 is 5.76 Å². The maximum atomic E-state index is 12.1. The van der Waals surface area contributed by atoms with E-state index >= 15 is 0 Å². The largest absolute Gasteiger partial charge is 0.486 e. The van der Waals surface area contributed by atoms with Crippen LogP contribution < -0.4 is 15.2 Å². The molecule has 0 saturated carbocycles. The number of benzene rings is 2. The van der Waals surface area contributed by atoms with Crippen LogP contribution in [0.4, 0.5) is 0 Å². The van der Waals surface area contributed by atoms with Crippen LogP contribution in [0.2, 0.25) is 0 Å². The predicted molar refractivity (Wildman–Crippen MR) is 97.5 cm³/mol. The zero-order valence-corrected chi connectivity index (χ0v) is 14.8. The molecule has 0 bridgehead atoms. The molecule has 2 aromatic carbocycles. The van der Waals surface area contributed by atoms with Crippen LogP contribution in [-0.4, -0.2) is 29.6 Å². The Hall–Kier alpha value is -3.06. The molecule has 0 unspecified atom stereocenters. The van der Waals surface area contributed by atoms with Crippen molar-refractivity contribution in [2.24, 2.45) is 0 Å². The standard InChI is InChI=1S/C20H20N2O5/c23-20-22(16-8-9-17-18(13-16)26-12-11-25-17)21-19(27-20)7-4-10-24-14-15-5-2-1-3-6-15/h1-3,5-6,8-9,13H,4,7,10-12,14H2. The van der Waals surface area contributed by atoms with Gasteiger partial charge in [-0.2, -0.15) is 4.68 Å². The van der Waals surface area contributed by atoms with E-state index in [-0.39, 0.29) is 0 Å². The van der Waals surface area contributed by atoms with E-state index in [9.17, 15) is 4.79 Å². The van der Waals surface area contributed by atoms with Crippen LogP contribution in [0.3, 0.4) is 0 Å². The normalized spacial score (nSPS) is 12.9. The summed E-state index contributed by atoms with van der Waals surface area (Å²) in [7, 11) is 0. The number of hydrogen-bond donors (Lipinski definition) is 0. The lowest BCUT2D eigenvalue weighted by atomic mass is 10.2. The second-order valence-corrected chi connectivity index (χ2v) is 6.14. The molecule has 7 nitrogen and oxygen atoms in total. The summed E-state index contributed by atoms with van der Waals surface area (Å²) in [6.07, 6.45) is 1.25. The van der Waals surface area contributed by atoms with E-state index in [1.165, 1.54) is 4.68 Å². The maximum absolute atomic E-state index is 12.1. The third-order valence-corrected chi connectivity index (χ3v) is 4.15. The molecule has 0 amide bonds. The lowest BCUT2D eigenvalue weighted by Crippen LogP contribution is -2.17. The van der Waals surface area contributed by atoms with Gasteiger partial charge >= 0.3 is 5.76 Å². The molecule has 0 N–H and O–H groups in total. The van der Waals surface area contributed by atoms with Crippen LogP contribution in [0, 0.1) is 0 Å². The van der Waals surface area contributed by atoms with Crippen molar-refractivity contribution in [2.45, 2.75) is 19.4 Å². The molecule has 0 spiro atoms. The number of hydrogen-bond acceptors (Lipinski definition) is 6. The highest BCUT2D eigenvalue weighted by Crippen LogP contribution is 2.31. The highest BCUT2D eigenvalue weighted by molar-refractivity contribution is 5.48. The number of ether oxygens (including phenoxy) is 3. The third-order valence-electron chi connectivity index (χ3n) is 4.15. The first-order chi connectivity index (χ1) is 13.3.